The number of aryl methyl sites for hydroxylation is 2. The van der Waals surface area contributed by atoms with Crippen molar-refractivity contribution in [3.63, 3.8) is 0 Å². The molecule has 0 bridgehead atoms. The Morgan fingerprint density at radius 2 is 2.27 bits per heavy atom. The van der Waals surface area contributed by atoms with Crippen LogP contribution in [0, 0.1) is 5.92 Å². The third-order valence-corrected chi connectivity index (χ3v) is 3.12. The van der Waals surface area contributed by atoms with E-state index in [1.54, 1.807) is 0 Å². The summed E-state index contributed by atoms with van der Waals surface area (Å²) in [6.45, 7) is 5.40. The summed E-state index contributed by atoms with van der Waals surface area (Å²) < 4.78 is 1.95. The zero-order valence-corrected chi connectivity index (χ0v) is 9.95. The summed E-state index contributed by atoms with van der Waals surface area (Å²) in [5.41, 5.74) is 2.68. The maximum Gasteiger partial charge on any atom is 0.0669 e. The average molecular weight is 207 g/mol. The smallest absolute Gasteiger partial charge is 0.0669 e. The van der Waals surface area contributed by atoms with E-state index in [2.05, 4.69) is 30.5 Å². The first-order valence-corrected chi connectivity index (χ1v) is 6.02. The van der Waals surface area contributed by atoms with Crippen LogP contribution in [0.3, 0.4) is 0 Å². The van der Waals surface area contributed by atoms with Gasteiger partial charge in [-0.25, -0.2) is 0 Å². The first kappa shape index (κ1) is 10.7. The number of nitrogens with one attached hydrogen (secondary N) is 1. The van der Waals surface area contributed by atoms with Crippen molar-refractivity contribution >= 4 is 0 Å². The van der Waals surface area contributed by atoms with E-state index in [1.165, 1.54) is 24.1 Å². The Bertz CT molecular complexity index is 326. The summed E-state index contributed by atoms with van der Waals surface area (Å²) in [6, 6.07) is 0.540. The summed E-state index contributed by atoms with van der Waals surface area (Å²) in [6.07, 6.45) is 5.96. The van der Waals surface area contributed by atoms with Crippen LogP contribution < -0.4 is 5.32 Å². The Hall–Kier alpha value is -0.830. The van der Waals surface area contributed by atoms with Crippen LogP contribution in [0.15, 0.2) is 6.20 Å². The van der Waals surface area contributed by atoms with E-state index in [0.717, 1.165) is 18.9 Å². The zero-order chi connectivity index (χ0) is 10.8. The molecule has 3 nitrogen and oxygen atoms in total. The highest BCUT2D eigenvalue weighted by Crippen LogP contribution is 2.41. The molecule has 1 fully saturated rings. The largest absolute Gasteiger partial charge is 0.310 e. The lowest BCUT2D eigenvalue weighted by molar-refractivity contribution is 0.492. The van der Waals surface area contributed by atoms with Crippen LogP contribution in [0.4, 0.5) is 0 Å². The summed E-state index contributed by atoms with van der Waals surface area (Å²) in [5, 5.41) is 8.11. The molecule has 0 radical (unpaired) electrons. The van der Waals surface area contributed by atoms with Gasteiger partial charge in [-0.1, -0.05) is 13.8 Å². The van der Waals surface area contributed by atoms with Gasteiger partial charge in [0.2, 0.25) is 0 Å². The average Bonchev–Trinajstić information content (AvgIpc) is 2.98. The summed E-state index contributed by atoms with van der Waals surface area (Å²) in [5.74, 6) is 0.847. The van der Waals surface area contributed by atoms with Crippen molar-refractivity contribution in [1.29, 1.82) is 0 Å². The predicted octanol–water partition coefficient (Wildman–Crippen LogP) is 2.04. The van der Waals surface area contributed by atoms with E-state index in [9.17, 15) is 0 Å². The molecule has 1 atom stereocenters. The van der Waals surface area contributed by atoms with E-state index >= 15 is 0 Å². The molecule has 0 aliphatic heterocycles. The number of rotatable bonds is 5. The third kappa shape index (κ3) is 2.23. The van der Waals surface area contributed by atoms with Crippen LogP contribution in [0.1, 0.15) is 44.0 Å². The Morgan fingerprint density at radius 1 is 1.53 bits per heavy atom. The molecule has 0 spiro atoms. The minimum absolute atomic E-state index is 0.540. The molecule has 15 heavy (non-hydrogen) atoms. The summed E-state index contributed by atoms with van der Waals surface area (Å²) in [7, 11) is 2.01. The molecule has 0 aromatic carbocycles. The molecular weight excluding hydrogens is 186 g/mol. The topological polar surface area (TPSA) is 29.9 Å². The standard InChI is InChI=1S/C12H21N3/c1-4-11-10(8-15(3)14-11)12(13-5-2)9-6-7-9/h8-9,12-13H,4-7H2,1-3H3. The minimum Gasteiger partial charge on any atom is -0.310 e. The zero-order valence-electron chi connectivity index (χ0n) is 9.95. The van der Waals surface area contributed by atoms with E-state index < -0.39 is 0 Å². The molecule has 1 N–H and O–H groups in total. The second-order valence-corrected chi connectivity index (χ2v) is 4.43. The first-order valence-electron chi connectivity index (χ1n) is 6.02. The first-order chi connectivity index (χ1) is 7.26. The van der Waals surface area contributed by atoms with Gasteiger partial charge in [-0.3, -0.25) is 4.68 Å². The molecule has 1 aliphatic rings. The van der Waals surface area contributed by atoms with Crippen LogP contribution in [0.25, 0.3) is 0 Å². The molecule has 1 unspecified atom stereocenters. The van der Waals surface area contributed by atoms with Crippen molar-refractivity contribution in [3.05, 3.63) is 17.5 Å². The molecular formula is C12H21N3. The second kappa shape index (κ2) is 4.35. The highest BCUT2D eigenvalue weighted by atomic mass is 15.3. The van der Waals surface area contributed by atoms with Gasteiger partial charge in [-0.15, -0.1) is 0 Å². The number of aromatic nitrogens is 2. The second-order valence-electron chi connectivity index (χ2n) is 4.43. The maximum absolute atomic E-state index is 4.52. The molecule has 84 valence electrons. The Balaban J connectivity index is 2.23. The van der Waals surface area contributed by atoms with Crippen LogP contribution in [0.2, 0.25) is 0 Å². The van der Waals surface area contributed by atoms with Crippen molar-refractivity contribution in [2.45, 2.75) is 39.2 Å². The fourth-order valence-corrected chi connectivity index (χ4v) is 2.27. The van der Waals surface area contributed by atoms with Gasteiger partial charge < -0.3 is 5.32 Å². The molecule has 1 aromatic rings. The molecule has 3 heteroatoms. The number of hydrogen-bond donors (Lipinski definition) is 1. The van der Waals surface area contributed by atoms with Gasteiger partial charge in [0.15, 0.2) is 0 Å². The fraction of sp³-hybridized carbons (Fsp3) is 0.750. The predicted molar refractivity (Wildman–Crippen MR) is 61.7 cm³/mol. The highest BCUT2D eigenvalue weighted by molar-refractivity contribution is 5.23. The number of hydrogen-bond acceptors (Lipinski definition) is 2. The summed E-state index contributed by atoms with van der Waals surface area (Å²) >= 11 is 0. The van der Waals surface area contributed by atoms with E-state index in [4.69, 9.17) is 0 Å². The van der Waals surface area contributed by atoms with Crippen LogP contribution in [0.5, 0.6) is 0 Å². The SMILES string of the molecule is CCNC(c1cn(C)nc1CC)C1CC1. The Labute approximate surface area is 91.9 Å². The Morgan fingerprint density at radius 3 is 2.80 bits per heavy atom. The van der Waals surface area contributed by atoms with Gasteiger partial charge in [0.05, 0.1) is 5.69 Å². The highest BCUT2D eigenvalue weighted by Gasteiger charge is 2.33. The van der Waals surface area contributed by atoms with E-state index in [1.807, 2.05) is 11.7 Å². The monoisotopic (exact) mass is 207 g/mol. The number of nitrogens with zero attached hydrogens (tertiary/aromatic N) is 2. The summed E-state index contributed by atoms with van der Waals surface area (Å²) in [4.78, 5) is 0. The van der Waals surface area contributed by atoms with Crippen molar-refractivity contribution in [2.75, 3.05) is 6.54 Å². The fourth-order valence-electron chi connectivity index (χ4n) is 2.27. The lowest BCUT2D eigenvalue weighted by Crippen LogP contribution is -2.23. The van der Waals surface area contributed by atoms with Gasteiger partial charge in [-0.2, -0.15) is 5.10 Å². The quantitative estimate of drug-likeness (QED) is 0.800. The van der Waals surface area contributed by atoms with Crippen LogP contribution in [-0.2, 0) is 13.5 Å². The van der Waals surface area contributed by atoms with Gasteiger partial charge >= 0.3 is 0 Å². The van der Waals surface area contributed by atoms with Gasteiger partial charge in [0, 0.05) is 24.8 Å². The van der Waals surface area contributed by atoms with Crippen LogP contribution in [-0.4, -0.2) is 16.3 Å². The van der Waals surface area contributed by atoms with Crippen molar-refractivity contribution in [3.8, 4) is 0 Å². The normalized spacial score (nSPS) is 18.1. The van der Waals surface area contributed by atoms with Crippen LogP contribution >= 0.6 is 0 Å². The van der Waals surface area contributed by atoms with Gasteiger partial charge in [0.25, 0.3) is 0 Å². The molecule has 0 amide bonds. The lowest BCUT2D eigenvalue weighted by Gasteiger charge is -2.16. The van der Waals surface area contributed by atoms with E-state index in [-0.39, 0.29) is 0 Å². The molecule has 1 saturated carbocycles. The molecule has 2 rings (SSSR count). The molecule has 1 heterocycles. The Kier molecular flexibility index (Phi) is 3.10. The van der Waals surface area contributed by atoms with Gasteiger partial charge in [-0.05, 0) is 31.7 Å². The lowest BCUT2D eigenvalue weighted by atomic mass is 10.0. The van der Waals surface area contributed by atoms with Crippen molar-refractivity contribution < 1.29 is 0 Å². The maximum atomic E-state index is 4.52. The molecule has 1 aliphatic carbocycles. The van der Waals surface area contributed by atoms with Crippen molar-refractivity contribution in [1.82, 2.24) is 15.1 Å². The molecule has 1 aromatic heterocycles. The van der Waals surface area contributed by atoms with Gasteiger partial charge in [0.1, 0.15) is 0 Å². The van der Waals surface area contributed by atoms with Crippen molar-refractivity contribution in [2.24, 2.45) is 13.0 Å². The third-order valence-electron chi connectivity index (χ3n) is 3.12. The molecule has 0 saturated heterocycles. The van der Waals surface area contributed by atoms with E-state index in [0.29, 0.717) is 6.04 Å². The minimum atomic E-state index is 0.540.